The van der Waals surface area contributed by atoms with Crippen LogP contribution in [-0.4, -0.2) is 34.1 Å². The normalized spacial score (nSPS) is 15.7. The minimum absolute atomic E-state index is 0.102. The van der Waals surface area contributed by atoms with Crippen molar-refractivity contribution < 1.29 is 13.6 Å². The maximum Gasteiger partial charge on any atom is 0.277 e. The van der Waals surface area contributed by atoms with E-state index in [4.69, 9.17) is 8.83 Å². The molecule has 4 rings (SSSR count). The largest absolute Gasteiger partial charge is 0.469 e. The molecule has 1 aliphatic heterocycles. The number of rotatable bonds is 5. The van der Waals surface area contributed by atoms with Crippen molar-refractivity contribution in [3.8, 4) is 11.5 Å². The fraction of sp³-hybridized carbons (Fsp3) is 0.350. The Labute approximate surface area is 162 Å². The first kappa shape index (κ1) is 17.9. The topological polar surface area (TPSA) is 72.4 Å². The lowest BCUT2D eigenvalue weighted by Crippen LogP contribution is -2.38. The molecule has 1 aliphatic rings. The van der Waals surface area contributed by atoms with Crippen LogP contribution in [-0.2, 0) is 4.79 Å². The fourth-order valence-corrected chi connectivity index (χ4v) is 4.20. The SMILES string of the molecule is Cc1occc1-c1nnc(S[C@@H](C(=O)N2CCCCC2)c2ccccc2)o1. The molecule has 0 spiro atoms. The summed E-state index contributed by atoms with van der Waals surface area (Å²) in [5, 5.41) is 8.24. The summed E-state index contributed by atoms with van der Waals surface area (Å²) in [4.78, 5) is 15.1. The minimum Gasteiger partial charge on any atom is -0.469 e. The van der Waals surface area contributed by atoms with E-state index in [1.807, 2.05) is 42.2 Å². The molecule has 1 saturated heterocycles. The molecule has 3 heterocycles. The van der Waals surface area contributed by atoms with Gasteiger partial charge in [0.25, 0.3) is 11.1 Å². The minimum atomic E-state index is -0.400. The number of hydrogen-bond donors (Lipinski definition) is 0. The van der Waals surface area contributed by atoms with Crippen molar-refractivity contribution in [3.63, 3.8) is 0 Å². The van der Waals surface area contributed by atoms with Crippen LogP contribution in [0.5, 0.6) is 0 Å². The molecule has 3 aromatic rings. The Kier molecular flexibility index (Phi) is 5.29. The van der Waals surface area contributed by atoms with Crippen LogP contribution in [0.4, 0.5) is 0 Å². The van der Waals surface area contributed by atoms with Gasteiger partial charge in [0.2, 0.25) is 5.91 Å². The van der Waals surface area contributed by atoms with Crippen LogP contribution in [0.25, 0.3) is 11.5 Å². The van der Waals surface area contributed by atoms with E-state index >= 15 is 0 Å². The number of aromatic nitrogens is 2. The number of likely N-dealkylation sites (tertiary alicyclic amines) is 1. The van der Waals surface area contributed by atoms with Gasteiger partial charge in [-0.15, -0.1) is 10.2 Å². The number of piperidine rings is 1. The molecule has 2 aromatic heterocycles. The quantitative estimate of drug-likeness (QED) is 0.605. The van der Waals surface area contributed by atoms with Gasteiger partial charge in [0.1, 0.15) is 11.0 Å². The van der Waals surface area contributed by atoms with Gasteiger partial charge in [-0.25, -0.2) is 0 Å². The zero-order valence-corrected chi connectivity index (χ0v) is 15.9. The zero-order chi connectivity index (χ0) is 18.6. The van der Waals surface area contributed by atoms with Gasteiger partial charge in [0.05, 0.1) is 11.8 Å². The Balaban J connectivity index is 1.59. The van der Waals surface area contributed by atoms with Crippen LogP contribution >= 0.6 is 11.8 Å². The fourth-order valence-electron chi connectivity index (χ4n) is 3.24. The van der Waals surface area contributed by atoms with Gasteiger partial charge in [-0.3, -0.25) is 4.79 Å². The molecule has 0 aliphatic carbocycles. The Bertz CT molecular complexity index is 900. The summed E-state index contributed by atoms with van der Waals surface area (Å²) in [6, 6.07) is 11.6. The van der Waals surface area contributed by atoms with Crippen molar-refractivity contribution in [2.24, 2.45) is 0 Å². The molecule has 27 heavy (non-hydrogen) atoms. The second-order valence-electron chi connectivity index (χ2n) is 6.56. The van der Waals surface area contributed by atoms with Crippen LogP contribution < -0.4 is 0 Å². The molecule has 1 aromatic carbocycles. The van der Waals surface area contributed by atoms with E-state index < -0.39 is 5.25 Å². The number of aryl methyl sites for hydroxylation is 1. The van der Waals surface area contributed by atoms with E-state index in [1.165, 1.54) is 18.2 Å². The number of amides is 1. The number of carbonyl (C=O) groups is 1. The van der Waals surface area contributed by atoms with Gasteiger partial charge in [-0.1, -0.05) is 30.3 Å². The average molecular weight is 383 g/mol. The molecule has 140 valence electrons. The molecule has 0 unspecified atom stereocenters. The van der Waals surface area contributed by atoms with Gasteiger partial charge in [-0.05, 0) is 49.6 Å². The van der Waals surface area contributed by atoms with Gasteiger partial charge < -0.3 is 13.7 Å². The molecule has 1 fully saturated rings. The zero-order valence-electron chi connectivity index (χ0n) is 15.1. The Hall–Kier alpha value is -2.54. The first-order valence-corrected chi connectivity index (χ1v) is 9.98. The van der Waals surface area contributed by atoms with Crippen molar-refractivity contribution in [1.29, 1.82) is 0 Å². The molecule has 0 bridgehead atoms. The van der Waals surface area contributed by atoms with Crippen LogP contribution in [0.15, 0.2) is 56.7 Å². The summed E-state index contributed by atoms with van der Waals surface area (Å²) in [6.45, 7) is 3.47. The highest BCUT2D eigenvalue weighted by Gasteiger charge is 2.30. The van der Waals surface area contributed by atoms with E-state index in [0.29, 0.717) is 11.1 Å². The van der Waals surface area contributed by atoms with Crippen molar-refractivity contribution in [2.45, 2.75) is 36.7 Å². The summed E-state index contributed by atoms with van der Waals surface area (Å²) < 4.78 is 11.1. The molecule has 0 N–H and O–H groups in total. The lowest BCUT2D eigenvalue weighted by molar-refractivity contribution is -0.131. The standard InChI is InChI=1S/C20H21N3O3S/c1-14-16(10-13-25-14)18-21-22-20(26-18)27-17(15-8-4-2-5-9-15)19(24)23-11-6-3-7-12-23/h2,4-5,8-10,13,17H,3,6-7,11-12H2,1H3/t17-/m1/s1. The highest BCUT2D eigenvalue weighted by molar-refractivity contribution is 8.00. The van der Waals surface area contributed by atoms with Gasteiger partial charge in [-0.2, -0.15) is 0 Å². The van der Waals surface area contributed by atoms with Gasteiger partial charge in [0, 0.05) is 13.1 Å². The number of nitrogens with zero attached hydrogens (tertiary/aromatic N) is 3. The molecule has 0 radical (unpaired) electrons. The van der Waals surface area contributed by atoms with Crippen LogP contribution in [0.3, 0.4) is 0 Å². The Morgan fingerprint density at radius 2 is 1.89 bits per heavy atom. The van der Waals surface area contributed by atoms with Gasteiger partial charge in [0.15, 0.2) is 0 Å². The van der Waals surface area contributed by atoms with Gasteiger partial charge >= 0.3 is 0 Å². The highest BCUT2D eigenvalue weighted by Crippen LogP contribution is 2.38. The van der Waals surface area contributed by atoms with E-state index in [0.717, 1.165) is 42.8 Å². The van der Waals surface area contributed by atoms with Crippen LogP contribution in [0.1, 0.15) is 35.8 Å². The van der Waals surface area contributed by atoms with E-state index in [9.17, 15) is 4.79 Å². The number of furan rings is 1. The molecule has 1 amide bonds. The summed E-state index contributed by atoms with van der Waals surface area (Å²) in [7, 11) is 0. The summed E-state index contributed by atoms with van der Waals surface area (Å²) in [5.41, 5.74) is 1.71. The number of benzene rings is 1. The van der Waals surface area contributed by atoms with Crippen molar-refractivity contribution in [3.05, 3.63) is 54.0 Å². The summed E-state index contributed by atoms with van der Waals surface area (Å²) in [6.07, 6.45) is 4.89. The molecular weight excluding hydrogens is 362 g/mol. The van der Waals surface area contributed by atoms with E-state index in [2.05, 4.69) is 10.2 Å². The van der Waals surface area contributed by atoms with Crippen LogP contribution in [0.2, 0.25) is 0 Å². The first-order valence-electron chi connectivity index (χ1n) is 9.11. The van der Waals surface area contributed by atoms with E-state index in [-0.39, 0.29) is 5.91 Å². The molecule has 7 heteroatoms. The molecular formula is C20H21N3O3S. The third-order valence-electron chi connectivity index (χ3n) is 4.71. The smallest absolute Gasteiger partial charge is 0.277 e. The maximum absolute atomic E-state index is 13.2. The van der Waals surface area contributed by atoms with E-state index in [1.54, 1.807) is 12.3 Å². The highest BCUT2D eigenvalue weighted by atomic mass is 32.2. The van der Waals surface area contributed by atoms with Crippen LogP contribution in [0, 0.1) is 6.92 Å². The maximum atomic E-state index is 13.2. The Morgan fingerprint density at radius 3 is 2.59 bits per heavy atom. The second kappa shape index (κ2) is 8.00. The van der Waals surface area contributed by atoms with Crippen molar-refractivity contribution in [2.75, 3.05) is 13.1 Å². The lowest BCUT2D eigenvalue weighted by atomic mass is 10.1. The van der Waals surface area contributed by atoms with Crippen molar-refractivity contribution >= 4 is 17.7 Å². The number of thioether (sulfide) groups is 1. The first-order chi connectivity index (χ1) is 13.2. The predicted octanol–water partition coefficient (Wildman–Crippen LogP) is 4.48. The summed E-state index contributed by atoms with van der Waals surface area (Å²) >= 11 is 1.31. The Morgan fingerprint density at radius 1 is 1.11 bits per heavy atom. The van der Waals surface area contributed by atoms with Crippen molar-refractivity contribution in [1.82, 2.24) is 15.1 Å². The third kappa shape index (κ3) is 3.93. The lowest BCUT2D eigenvalue weighted by Gasteiger charge is -2.29. The average Bonchev–Trinajstić information content (AvgIpc) is 3.35. The molecule has 1 atom stereocenters. The number of hydrogen-bond acceptors (Lipinski definition) is 6. The third-order valence-corrected chi connectivity index (χ3v) is 5.78. The molecule has 0 saturated carbocycles. The predicted molar refractivity (Wildman–Crippen MR) is 102 cm³/mol. The summed E-state index contributed by atoms with van der Waals surface area (Å²) in [5.74, 6) is 1.23. The monoisotopic (exact) mass is 383 g/mol. The number of carbonyl (C=O) groups excluding carboxylic acids is 1. The second-order valence-corrected chi connectivity index (χ2v) is 7.61. The molecule has 6 nitrogen and oxygen atoms in total.